The molecule has 2 aromatic heterocycles. The number of rotatable bonds is 7. The van der Waals surface area contributed by atoms with Gasteiger partial charge in [0.25, 0.3) is 11.5 Å². The van der Waals surface area contributed by atoms with Gasteiger partial charge in [-0.05, 0) is 55.2 Å². The lowest BCUT2D eigenvalue weighted by Crippen LogP contribution is -2.60. The minimum absolute atomic E-state index is 0.0207. The second-order valence-corrected chi connectivity index (χ2v) is 10.2. The Morgan fingerprint density at radius 2 is 2.02 bits per heavy atom. The zero-order valence-corrected chi connectivity index (χ0v) is 21.8. The van der Waals surface area contributed by atoms with Crippen LogP contribution in [0.5, 0.6) is 5.75 Å². The maximum atomic E-state index is 14.8. The lowest BCUT2D eigenvalue weighted by molar-refractivity contribution is 0.0598. The molecule has 0 spiro atoms. The number of aromatic nitrogens is 4. The highest BCUT2D eigenvalue weighted by Gasteiger charge is 2.35. The van der Waals surface area contributed by atoms with E-state index in [-0.39, 0.29) is 29.0 Å². The van der Waals surface area contributed by atoms with E-state index >= 15 is 0 Å². The molecule has 11 heteroatoms. The number of nitrogens with one attached hydrogen (secondary N) is 1. The van der Waals surface area contributed by atoms with Crippen LogP contribution in [0.4, 0.5) is 10.2 Å². The molecular formula is C29H26FN7O3. The average molecular weight is 540 g/mol. The Morgan fingerprint density at radius 1 is 1.20 bits per heavy atom. The first-order valence-corrected chi connectivity index (χ1v) is 13.1. The molecule has 40 heavy (non-hydrogen) atoms. The van der Waals surface area contributed by atoms with Gasteiger partial charge in [-0.2, -0.15) is 10.4 Å². The van der Waals surface area contributed by atoms with E-state index in [0.717, 1.165) is 19.3 Å². The molecule has 1 N–H and O–H groups in total. The zero-order valence-electron chi connectivity index (χ0n) is 21.8. The normalized spacial score (nSPS) is 15.3. The van der Waals surface area contributed by atoms with Crippen LogP contribution in [0.15, 0.2) is 53.6 Å². The number of carbonyl (C=O) groups is 1. The minimum atomic E-state index is -0.603. The van der Waals surface area contributed by atoms with Crippen molar-refractivity contribution in [2.75, 3.05) is 25.0 Å². The molecule has 2 fully saturated rings. The number of aromatic amines is 1. The summed E-state index contributed by atoms with van der Waals surface area (Å²) in [4.78, 5) is 37.3. The fourth-order valence-corrected chi connectivity index (χ4v) is 4.93. The van der Waals surface area contributed by atoms with Gasteiger partial charge >= 0.3 is 0 Å². The van der Waals surface area contributed by atoms with Crippen LogP contribution in [0.2, 0.25) is 0 Å². The number of anilines is 1. The number of ether oxygens (including phenoxy) is 1. The largest absolute Gasteiger partial charge is 0.490 e. The summed E-state index contributed by atoms with van der Waals surface area (Å²) in [6.07, 6.45) is 6.61. The fraction of sp³-hybridized carbons (Fsp3) is 0.310. The first-order valence-electron chi connectivity index (χ1n) is 13.1. The molecule has 2 aliphatic rings. The summed E-state index contributed by atoms with van der Waals surface area (Å²) in [5.41, 5.74) is 1.18. The van der Waals surface area contributed by atoms with E-state index in [1.807, 2.05) is 24.1 Å². The number of fused-ring (bicyclic) bond motifs is 1. The second kappa shape index (κ2) is 10.4. The van der Waals surface area contributed by atoms with E-state index in [2.05, 4.69) is 20.2 Å². The van der Waals surface area contributed by atoms with Crippen molar-refractivity contribution in [2.24, 2.45) is 0 Å². The Bertz CT molecular complexity index is 1710. The van der Waals surface area contributed by atoms with Crippen molar-refractivity contribution in [1.82, 2.24) is 25.1 Å². The van der Waals surface area contributed by atoms with E-state index in [4.69, 9.17) is 10.00 Å². The number of amides is 1. The van der Waals surface area contributed by atoms with Crippen LogP contribution in [0.3, 0.4) is 0 Å². The van der Waals surface area contributed by atoms with Crippen molar-refractivity contribution < 1.29 is 13.9 Å². The molecule has 0 bridgehead atoms. The number of hydrogen-bond acceptors (Lipinski definition) is 8. The molecule has 0 atom stereocenters. The molecule has 1 saturated carbocycles. The predicted molar refractivity (Wildman–Crippen MR) is 145 cm³/mol. The lowest BCUT2D eigenvalue weighted by atomic mass is 9.96. The number of likely N-dealkylation sites (N-methyl/N-ethyl adjacent to an activating group) is 1. The number of nitrogens with zero attached hydrogens (tertiary/aromatic N) is 6. The maximum Gasteiger partial charge on any atom is 0.272 e. The average Bonchev–Trinajstić information content (AvgIpc) is 2.92. The summed E-state index contributed by atoms with van der Waals surface area (Å²) >= 11 is 0. The highest BCUT2D eigenvalue weighted by molar-refractivity contribution is 5.95. The molecule has 1 aliphatic carbocycles. The summed E-state index contributed by atoms with van der Waals surface area (Å²) in [6, 6.07) is 11.7. The summed E-state index contributed by atoms with van der Waals surface area (Å²) in [7, 11) is 1.82. The van der Waals surface area contributed by atoms with Crippen LogP contribution >= 0.6 is 0 Å². The van der Waals surface area contributed by atoms with Crippen molar-refractivity contribution in [3.8, 4) is 11.8 Å². The SMILES string of the molecule is CN(c1cncc(C#N)n1)C1CN(C(=O)c2cc(Cc3n[nH]c(=O)c4ccc(OC5CCC5)cc34)ccc2F)C1. The Kier molecular flexibility index (Phi) is 6.59. The van der Waals surface area contributed by atoms with Gasteiger partial charge in [0.15, 0.2) is 5.69 Å². The van der Waals surface area contributed by atoms with E-state index in [0.29, 0.717) is 53.1 Å². The maximum absolute atomic E-state index is 14.8. The number of carbonyl (C=O) groups excluding carboxylic acids is 1. The molecule has 10 nitrogen and oxygen atoms in total. The molecule has 1 amide bonds. The zero-order chi connectivity index (χ0) is 27.8. The van der Waals surface area contributed by atoms with Crippen LogP contribution in [0.1, 0.15) is 46.6 Å². The second-order valence-electron chi connectivity index (χ2n) is 10.2. The Morgan fingerprint density at radius 3 is 2.77 bits per heavy atom. The number of likely N-dealkylation sites (tertiary alicyclic amines) is 1. The van der Waals surface area contributed by atoms with Gasteiger partial charge in [-0.25, -0.2) is 14.5 Å². The predicted octanol–water partition coefficient (Wildman–Crippen LogP) is 3.21. The molecule has 2 aromatic carbocycles. The molecule has 3 heterocycles. The third-order valence-electron chi connectivity index (χ3n) is 7.62. The number of halogens is 1. The van der Waals surface area contributed by atoms with Gasteiger partial charge in [-0.15, -0.1) is 0 Å². The Labute approximate surface area is 229 Å². The van der Waals surface area contributed by atoms with Gasteiger partial charge in [0, 0.05) is 31.9 Å². The van der Waals surface area contributed by atoms with Gasteiger partial charge in [0.2, 0.25) is 0 Å². The van der Waals surface area contributed by atoms with Crippen LogP contribution in [-0.4, -0.2) is 63.3 Å². The highest BCUT2D eigenvalue weighted by atomic mass is 19.1. The lowest BCUT2D eigenvalue weighted by Gasteiger charge is -2.44. The molecule has 0 unspecified atom stereocenters. The van der Waals surface area contributed by atoms with E-state index < -0.39 is 11.7 Å². The molecule has 4 aromatic rings. The topological polar surface area (TPSA) is 128 Å². The summed E-state index contributed by atoms with van der Waals surface area (Å²) in [5, 5.41) is 17.0. The van der Waals surface area contributed by atoms with Crippen molar-refractivity contribution in [3.05, 3.63) is 87.5 Å². The van der Waals surface area contributed by atoms with Crippen molar-refractivity contribution in [2.45, 2.75) is 37.8 Å². The third kappa shape index (κ3) is 4.84. The van der Waals surface area contributed by atoms with Crippen LogP contribution in [-0.2, 0) is 6.42 Å². The van der Waals surface area contributed by atoms with Gasteiger partial charge < -0.3 is 14.5 Å². The number of nitriles is 1. The van der Waals surface area contributed by atoms with Crippen molar-refractivity contribution >= 4 is 22.5 Å². The molecule has 1 saturated heterocycles. The molecule has 1 aliphatic heterocycles. The van der Waals surface area contributed by atoms with Crippen molar-refractivity contribution in [1.29, 1.82) is 5.26 Å². The smallest absolute Gasteiger partial charge is 0.272 e. The standard InChI is InChI=1S/C29H26FN7O3/c1-36(27-14-32-13-18(12-31)33-27)19-15-37(16-19)29(39)24-9-17(5-8-25(24)30)10-26-23-11-21(40-20-3-2-4-20)6-7-22(23)28(38)35-34-26/h5-9,11,13-14,19-20H,2-4,10,15-16H2,1H3,(H,35,38). The van der Waals surface area contributed by atoms with Gasteiger partial charge in [0.1, 0.15) is 23.5 Å². The Balaban J connectivity index is 1.19. The van der Waals surface area contributed by atoms with E-state index in [1.54, 1.807) is 35.4 Å². The van der Waals surface area contributed by atoms with Crippen LogP contribution in [0.25, 0.3) is 10.8 Å². The molecule has 0 radical (unpaired) electrons. The molecular weight excluding hydrogens is 513 g/mol. The Hall–Kier alpha value is -4.85. The first kappa shape index (κ1) is 25.4. The quantitative estimate of drug-likeness (QED) is 0.379. The monoisotopic (exact) mass is 539 g/mol. The summed E-state index contributed by atoms with van der Waals surface area (Å²) in [5.74, 6) is 0.208. The highest BCUT2D eigenvalue weighted by Crippen LogP contribution is 2.29. The van der Waals surface area contributed by atoms with Crippen LogP contribution in [0, 0.1) is 17.1 Å². The molecule has 202 valence electrons. The first-order chi connectivity index (χ1) is 19.4. The minimum Gasteiger partial charge on any atom is -0.490 e. The number of benzene rings is 2. The number of hydrogen-bond donors (Lipinski definition) is 1. The van der Waals surface area contributed by atoms with E-state index in [1.165, 1.54) is 12.3 Å². The van der Waals surface area contributed by atoms with Gasteiger partial charge in [-0.3, -0.25) is 14.6 Å². The van der Waals surface area contributed by atoms with Crippen molar-refractivity contribution in [3.63, 3.8) is 0 Å². The van der Waals surface area contributed by atoms with Gasteiger partial charge in [-0.1, -0.05) is 6.07 Å². The summed E-state index contributed by atoms with van der Waals surface area (Å²) in [6.45, 7) is 0.765. The van der Waals surface area contributed by atoms with Gasteiger partial charge in [0.05, 0.1) is 41.2 Å². The number of H-pyrrole nitrogens is 1. The molecule has 6 rings (SSSR count). The summed E-state index contributed by atoms with van der Waals surface area (Å²) < 4.78 is 20.8. The van der Waals surface area contributed by atoms with E-state index in [9.17, 15) is 14.0 Å². The van der Waals surface area contributed by atoms with Crippen LogP contribution < -0.4 is 15.2 Å². The fourth-order valence-electron chi connectivity index (χ4n) is 4.93. The third-order valence-corrected chi connectivity index (χ3v) is 7.62.